The van der Waals surface area contributed by atoms with Crippen molar-refractivity contribution in [2.75, 3.05) is 26.5 Å². The number of nitrogens with one attached hydrogen (secondary N) is 1. The molecule has 0 unspecified atom stereocenters. The largest absolute Gasteiger partial charge is 0.496 e. The van der Waals surface area contributed by atoms with Crippen LogP contribution in [0.25, 0.3) is 0 Å². The number of sulfonamides is 1. The third kappa shape index (κ3) is 5.31. The SMILES string of the molecule is COc1ccccc1C(=O)NCCCN(C(C)C)S(C)(=O)=O. The molecule has 1 amide bonds. The van der Waals surface area contributed by atoms with Crippen LogP contribution in [0.3, 0.4) is 0 Å². The summed E-state index contributed by atoms with van der Waals surface area (Å²) < 4.78 is 29.8. The van der Waals surface area contributed by atoms with Gasteiger partial charge in [0.25, 0.3) is 5.91 Å². The fraction of sp³-hybridized carbons (Fsp3) is 0.533. The van der Waals surface area contributed by atoms with Gasteiger partial charge in [-0.3, -0.25) is 4.79 Å². The van der Waals surface area contributed by atoms with Crippen molar-refractivity contribution in [3.05, 3.63) is 29.8 Å². The molecule has 1 rings (SSSR count). The average molecular weight is 328 g/mol. The number of nitrogens with zero attached hydrogens (tertiary/aromatic N) is 1. The fourth-order valence-corrected chi connectivity index (χ4v) is 3.40. The van der Waals surface area contributed by atoms with Crippen molar-refractivity contribution in [2.24, 2.45) is 0 Å². The van der Waals surface area contributed by atoms with Crippen molar-refractivity contribution in [1.29, 1.82) is 0 Å². The molecule has 1 aromatic rings. The summed E-state index contributed by atoms with van der Waals surface area (Å²) in [7, 11) is -1.71. The number of carbonyl (C=O) groups is 1. The third-order valence-corrected chi connectivity index (χ3v) is 4.65. The van der Waals surface area contributed by atoms with Gasteiger partial charge in [-0.2, -0.15) is 4.31 Å². The van der Waals surface area contributed by atoms with E-state index >= 15 is 0 Å². The predicted molar refractivity (Wildman–Crippen MR) is 86.6 cm³/mol. The van der Waals surface area contributed by atoms with E-state index in [2.05, 4.69) is 5.32 Å². The normalized spacial score (nSPS) is 11.7. The van der Waals surface area contributed by atoms with E-state index in [0.29, 0.717) is 30.8 Å². The van der Waals surface area contributed by atoms with Gasteiger partial charge < -0.3 is 10.1 Å². The summed E-state index contributed by atoms with van der Waals surface area (Å²) in [4.78, 5) is 12.1. The third-order valence-electron chi connectivity index (χ3n) is 3.19. The highest BCUT2D eigenvalue weighted by Gasteiger charge is 2.19. The van der Waals surface area contributed by atoms with Crippen LogP contribution in [0.1, 0.15) is 30.6 Å². The van der Waals surface area contributed by atoms with Gasteiger partial charge in [-0.05, 0) is 32.4 Å². The molecule has 0 aliphatic heterocycles. The Morgan fingerprint density at radius 1 is 1.32 bits per heavy atom. The van der Waals surface area contributed by atoms with Gasteiger partial charge in [-0.25, -0.2) is 8.42 Å². The molecule has 0 saturated heterocycles. The highest BCUT2D eigenvalue weighted by atomic mass is 32.2. The number of carbonyl (C=O) groups excluding carboxylic acids is 1. The van der Waals surface area contributed by atoms with E-state index in [1.54, 1.807) is 24.3 Å². The molecule has 0 spiro atoms. The summed E-state index contributed by atoms with van der Waals surface area (Å²) in [5, 5.41) is 2.78. The van der Waals surface area contributed by atoms with Gasteiger partial charge in [0, 0.05) is 19.1 Å². The molecule has 0 atom stereocenters. The van der Waals surface area contributed by atoms with Gasteiger partial charge in [0.2, 0.25) is 10.0 Å². The Balaban J connectivity index is 2.52. The van der Waals surface area contributed by atoms with Crippen LogP contribution in [0.5, 0.6) is 5.75 Å². The maximum absolute atomic E-state index is 12.1. The second-order valence-electron chi connectivity index (χ2n) is 5.28. The number of hydrogen-bond donors (Lipinski definition) is 1. The van der Waals surface area contributed by atoms with Crippen LogP contribution in [0.4, 0.5) is 0 Å². The lowest BCUT2D eigenvalue weighted by Gasteiger charge is -2.23. The first kappa shape index (κ1) is 18.4. The minimum atomic E-state index is -3.23. The zero-order valence-corrected chi connectivity index (χ0v) is 14.3. The van der Waals surface area contributed by atoms with Gasteiger partial charge in [-0.15, -0.1) is 0 Å². The molecular weight excluding hydrogens is 304 g/mol. The maximum Gasteiger partial charge on any atom is 0.255 e. The van der Waals surface area contributed by atoms with E-state index in [9.17, 15) is 13.2 Å². The minimum Gasteiger partial charge on any atom is -0.496 e. The number of para-hydroxylation sites is 1. The van der Waals surface area contributed by atoms with Gasteiger partial charge in [0.05, 0.1) is 18.9 Å². The lowest BCUT2D eigenvalue weighted by Crippen LogP contribution is -2.38. The molecule has 124 valence electrons. The standard InChI is InChI=1S/C15H24N2O4S/c1-12(2)17(22(4,19)20)11-7-10-16-15(18)13-8-5-6-9-14(13)21-3/h5-6,8-9,12H,7,10-11H2,1-4H3,(H,16,18). The van der Waals surface area contributed by atoms with E-state index in [1.165, 1.54) is 17.7 Å². The van der Waals surface area contributed by atoms with Crippen LogP contribution < -0.4 is 10.1 Å². The Morgan fingerprint density at radius 3 is 2.50 bits per heavy atom. The molecule has 0 aliphatic rings. The Kier molecular flexibility index (Phi) is 6.83. The average Bonchev–Trinajstić information content (AvgIpc) is 2.44. The van der Waals surface area contributed by atoms with Crippen molar-refractivity contribution in [1.82, 2.24) is 9.62 Å². The molecule has 0 saturated carbocycles. The molecule has 0 aromatic heterocycles. The first-order valence-corrected chi connectivity index (χ1v) is 9.00. The van der Waals surface area contributed by atoms with E-state index in [1.807, 2.05) is 13.8 Å². The zero-order chi connectivity index (χ0) is 16.8. The Hall–Kier alpha value is -1.60. The lowest BCUT2D eigenvalue weighted by molar-refractivity contribution is 0.0949. The van der Waals surface area contributed by atoms with E-state index < -0.39 is 10.0 Å². The highest BCUT2D eigenvalue weighted by molar-refractivity contribution is 7.88. The summed E-state index contributed by atoms with van der Waals surface area (Å²) >= 11 is 0. The molecular formula is C15H24N2O4S. The number of ether oxygens (including phenoxy) is 1. The topological polar surface area (TPSA) is 75.7 Å². The number of benzene rings is 1. The Bertz CT molecular complexity index is 599. The second-order valence-corrected chi connectivity index (χ2v) is 7.21. The van der Waals surface area contributed by atoms with Crippen LogP contribution >= 0.6 is 0 Å². The van der Waals surface area contributed by atoms with E-state index in [4.69, 9.17) is 4.74 Å². The van der Waals surface area contributed by atoms with E-state index in [-0.39, 0.29) is 11.9 Å². The van der Waals surface area contributed by atoms with Crippen molar-refractivity contribution < 1.29 is 17.9 Å². The van der Waals surface area contributed by atoms with Gasteiger partial charge in [-0.1, -0.05) is 12.1 Å². The van der Waals surface area contributed by atoms with Crippen molar-refractivity contribution in [3.63, 3.8) is 0 Å². The van der Waals surface area contributed by atoms with Crippen LogP contribution in [0.2, 0.25) is 0 Å². The van der Waals surface area contributed by atoms with E-state index in [0.717, 1.165) is 0 Å². The quantitative estimate of drug-likeness (QED) is 0.734. The van der Waals surface area contributed by atoms with Crippen LogP contribution in [-0.4, -0.2) is 51.1 Å². The molecule has 0 fully saturated rings. The van der Waals surface area contributed by atoms with Crippen LogP contribution in [0.15, 0.2) is 24.3 Å². The molecule has 1 aromatic carbocycles. The molecule has 0 bridgehead atoms. The second kappa shape index (κ2) is 8.14. The lowest BCUT2D eigenvalue weighted by atomic mass is 10.2. The van der Waals surface area contributed by atoms with Gasteiger partial charge in [0.1, 0.15) is 5.75 Å². The van der Waals surface area contributed by atoms with Crippen LogP contribution in [-0.2, 0) is 10.0 Å². The van der Waals surface area contributed by atoms with Gasteiger partial charge >= 0.3 is 0 Å². The highest BCUT2D eigenvalue weighted by Crippen LogP contribution is 2.16. The number of amides is 1. The first-order chi connectivity index (χ1) is 10.3. The summed E-state index contributed by atoms with van der Waals surface area (Å²) in [5.41, 5.74) is 0.467. The summed E-state index contributed by atoms with van der Waals surface area (Å²) in [6.45, 7) is 4.43. The molecule has 6 nitrogen and oxygen atoms in total. The predicted octanol–water partition coefficient (Wildman–Crippen LogP) is 1.49. The minimum absolute atomic E-state index is 0.0973. The van der Waals surface area contributed by atoms with Crippen molar-refractivity contribution in [2.45, 2.75) is 26.3 Å². The maximum atomic E-state index is 12.1. The molecule has 1 N–H and O–H groups in total. The smallest absolute Gasteiger partial charge is 0.255 e. The number of hydrogen-bond acceptors (Lipinski definition) is 4. The Labute approximate surface area is 132 Å². The molecule has 0 radical (unpaired) electrons. The molecule has 22 heavy (non-hydrogen) atoms. The first-order valence-electron chi connectivity index (χ1n) is 7.15. The number of rotatable bonds is 8. The van der Waals surface area contributed by atoms with Gasteiger partial charge in [0.15, 0.2) is 0 Å². The van der Waals surface area contributed by atoms with Crippen LogP contribution in [0, 0.1) is 0 Å². The summed E-state index contributed by atoms with van der Waals surface area (Å²) in [5.74, 6) is 0.285. The number of methoxy groups -OCH3 is 1. The van der Waals surface area contributed by atoms with Crippen molar-refractivity contribution >= 4 is 15.9 Å². The fourth-order valence-electron chi connectivity index (χ4n) is 2.17. The molecule has 0 aliphatic carbocycles. The summed E-state index contributed by atoms with van der Waals surface area (Å²) in [6.07, 6.45) is 1.74. The summed E-state index contributed by atoms with van der Waals surface area (Å²) in [6, 6.07) is 6.87. The van der Waals surface area contributed by atoms with Crippen molar-refractivity contribution in [3.8, 4) is 5.75 Å². The zero-order valence-electron chi connectivity index (χ0n) is 13.5. The monoisotopic (exact) mass is 328 g/mol. The Morgan fingerprint density at radius 2 is 1.95 bits per heavy atom. The molecule has 0 heterocycles. The molecule has 7 heteroatoms.